The van der Waals surface area contributed by atoms with Crippen LogP contribution in [0.4, 0.5) is 0 Å². The second-order valence-electron chi connectivity index (χ2n) is 6.91. The standard InChI is InChI=1S/C18H21N3O3/c1-10-7-15(11-3-2-4-11)24-18(23)16(10)17(22)20-13-6-5-12-9-19-21-14(12)8-13/h7,9,11,13H,2-6,8H2,1H3,(H,19,21)(H,20,22). The predicted octanol–water partition coefficient (Wildman–Crippen LogP) is 2.23. The summed E-state index contributed by atoms with van der Waals surface area (Å²) in [5.41, 5.74) is 2.58. The third-order valence-electron chi connectivity index (χ3n) is 5.26. The summed E-state index contributed by atoms with van der Waals surface area (Å²) in [6, 6.07) is 1.86. The summed E-state index contributed by atoms with van der Waals surface area (Å²) in [5.74, 6) is 0.722. The van der Waals surface area contributed by atoms with Gasteiger partial charge < -0.3 is 9.73 Å². The summed E-state index contributed by atoms with van der Waals surface area (Å²) in [5, 5.41) is 9.99. The molecule has 2 aliphatic rings. The summed E-state index contributed by atoms with van der Waals surface area (Å²) < 4.78 is 5.41. The summed E-state index contributed by atoms with van der Waals surface area (Å²) in [6.45, 7) is 1.81. The molecule has 1 unspecified atom stereocenters. The van der Waals surface area contributed by atoms with Crippen LogP contribution in [0, 0.1) is 6.92 Å². The van der Waals surface area contributed by atoms with Gasteiger partial charge in [-0.05, 0) is 49.8 Å². The van der Waals surface area contributed by atoms with Gasteiger partial charge in [0.1, 0.15) is 11.3 Å². The van der Waals surface area contributed by atoms with E-state index in [0.29, 0.717) is 17.9 Å². The van der Waals surface area contributed by atoms with E-state index in [1.54, 1.807) is 0 Å². The van der Waals surface area contributed by atoms with Gasteiger partial charge in [-0.15, -0.1) is 0 Å². The summed E-state index contributed by atoms with van der Waals surface area (Å²) in [4.78, 5) is 24.9. The van der Waals surface area contributed by atoms with Gasteiger partial charge in [0.25, 0.3) is 5.91 Å². The van der Waals surface area contributed by atoms with Crippen molar-refractivity contribution in [1.82, 2.24) is 15.5 Å². The van der Waals surface area contributed by atoms with Gasteiger partial charge in [-0.3, -0.25) is 9.89 Å². The maximum atomic E-state index is 12.6. The van der Waals surface area contributed by atoms with Crippen LogP contribution in [0.2, 0.25) is 0 Å². The molecule has 126 valence electrons. The Morgan fingerprint density at radius 2 is 2.21 bits per heavy atom. The highest BCUT2D eigenvalue weighted by Crippen LogP contribution is 2.36. The van der Waals surface area contributed by atoms with Gasteiger partial charge in [-0.1, -0.05) is 6.42 Å². The van der Waals surface area contributed by atoms with Gasteiger partial charge in [0, 0.05) is 24.1 Å². The molecule has 0 saturated heterocycles. The summed E-state index contributed by atoms with van der Waals surface area (Å²) in [6.07, 6.45) is 7.57. The number of nitrogens with zero attached hydrogens (tertiary/aromatic N) is 1. The minimum absolute atomic E-state index is 0.00978. The number of H-pyrrole nitrogens is 1. The fourth-order valence-corrected chi connectivity index (χ4v) is 3.59. The van der Waals surface area contributed by atoms with E-state index < -0.39 is 5.63 Å². The Bertz CT molecular complexity index is 832. The second kappa shape index (κ2) is 5.92. The zero-order valence-electron chi connectivity index (χ0n) is 13.7. The molecular formula is C18H21N3O3. The maximum absolute atomic E-state index is 12.6. The summed E-state index contributed by atoms with van der Waals surface area (Å²) in [7, 11) is 0. The van der Waals surface area contributed by atoms with E-state index in [9.17, 15) is 9.59 Å². The number of aromatic nitrogens is 2. The SMILES string of the molecule is Cc1cc(C2CCC2)oc(=O)c1C(=O)NC1CCc2cn[nH]c2C1. The first-order valence-electron chi connectivity index (χ1n) is 8.58. The van der Waals surface area contributed by atoms with Gasteiger partial charge >= 0.3 is 5.63 Å². The van der Waals surface area contributed by atoms with Gasteiger partial charge in [0.15, 0.2) is 0 Å². The van der Waals surface area contributed by atoms with Gasteiger partial charge in [-0.2, -0.15) is 5.10 Å². The normalized spacial score (nSPS) is 20.3. The molecule has 0 spiro atoms. The van der Waals surface area contributed by atoms with Crippen molar-refractivity contribution in [3.05, 3.63) is 50.8 Å². The lowest BCUT2D eigenvalue weighted by atomic mass is 9.83. The van der Waals surface area contributed by atoms with Gasteiger partial charge in [0.2, 0.25) is 0 Å². The highest BCUT2D eigenvalue weighted by molar-refractivity contribution is 5.95. The van der Waals surface area contributed by atoms with Gasteiger partial charge in [0.05, 0.1) is 6.20 Å². The molecule has 2 aromatic rings. The number of aryl methyl sites for hydroxylation is 2. The van der Waals surface area contributed by atoms with Crippen LogP contribution in [0.3, 0.4) is 0 Å². The van der Waals surface area contributed by atoms with Crippen molar-refractivity contribution >= 4 is 5.91 Å². The van der Waals surface area contributed by atoms with Crippen molar-refractivity contribution < 1.29 is 9.21 Å². The van der Waals surface area contributed by atoms with Crippen molar-refractivity contribution in [3.63, 3.8) is 0 Å². The first kappa shape index (κ1) is 15.2. The molecule has 4 rings (SSSR count). The molecule has 0 bridgehead atoms. The topological polar surface area (TPSA) is 88.0 Å². The average Bonchev–Trinajstić information content (AvgIpc) is 2.92. The number of carbonyl (C=O) groups is 1. The number of aromatic amines is 1. The smallest absolute Gasteiger partial charge is 0.349 e. The molecule has 0 radical (unpaired) electrons. The molecule has 2 N–H and O–H groups in total. The molecule has 1 atom stereocenters. The van der Waals surface area contributed by atoms with Crippen LogP contribution < -0.4 is 10.9 Å². The molecule has 24 heavy (non-hydrogen) atoms. The Balaban J connectivity index is 1.51. The highest BCUT2D eigenvalue weighted by atomic mass is 16.4. The van der Waals surface area contributed by atoms with Crippen LogP contribution in [-0.2, 0) is 12.8 Å². The van der Waals surface area contributed by atoms with Crippen LogP contribution in [0.1, 0.15) is 64.5 Å². The number of nitrogens with one attached hydrogen (secondary N) is 2. The molecule has 0 aromatic carbocycles. The Kier molecular flexibility index (Phi) is 3.75. The van der Waals surface area contributed by atoms with E-state index in [1.165, 1.54) is 12.0 Å². The quantitative estimate of drug-likeness (QED) is 0.905. The first-order chi connectivity index (χ1) is 11.6. The summed E-state index contributed by atoms with van der Waals surface area (Å²) >= 11 is 0. The molecule has 1 fully saturated rings. The predicted molar refractivity (Wildman–Crippen MR) is 88.2 cm³/mol. The molecule has 0 aliphatic heterocycles. The van der Waals surface area contributed by atoms with E-state index in [-0.39, 0.29) is 17.5 Å². The molecular weight excluding hydrogens is 306 g/mol. The van der Waals surface area contributed by atoms with Crippen molar-refractivity contribution in [2.75, 3.05) is 0 Å². The second-order valence-corrected chi connectivity index (χ2v) is 6.91. The Hall–Kier alpha value is -2.37. The van der Waals surface area contributed by atoms with E-state index in [2.05, 4.69) is 15.5 Å². The van der Waals surface area contributed by atoms with E-state index >= 15 is 0 Å². The molecule has 2 aromatic heterocycles. The number of fused-ring (bicyclic) bond motifs is 1. The number of amides is 1. The van der Waals surface area contributed by atoms with Crippen LogP contribution in [0.15, 0.2) is 21.5 Å². The van der Waals surface area contributed by atoms with Crippen molar-refractivity contribution in [3.8, 4) is 0 Å². The number of rotatable bonds is 3. The largest absolute Gasteiger partial charge is 0.427 e. The fourth-order valence-electron chi connectivity index (χ4n) is 3.59. The van der Waals surface area contributed by atoms with Crippen molar-refractivity contribution in [1.29, 1.82) is 0 Å². The molecule has 6 heteroatoms. The average molecular weight is 327 g/mol. The molecule has 6 nitrogen and oxygen atoms in total. The van der Waals surface area contributed by atoms with E-state index in [1.807, 2.05) is 19.2 Å². The minimum atomic E-state index is -0.521. The number of hydrogen-bond acceptors (Lipinski definition) is 4. The maximum Gasteiger partial charge on any atom is 0.349 e. The van der Waals surface area contributed by atoms with Crippen molar-refractivity contribution in [2.24, 2.45) is 0 Å². The molecule has 2 heterocycles. The lowest BCUT2D eigenvalue weighted by Gasteiger charge is -2.25. The third kappa shape index (κ3) is 2.66. The monoisotopic (exact) mass is 327 g/mol. The lowest BCUT2D eigenvalue weighted by molar-refractivity contribution is 0.0928. The minimum Gasteiger partial charge on any atom is -0.427 e. The highest BCUT2D eigenvalue weighted by Gasteiger charge is 2.27. The van der Waals surface area contributed by atoms with Crippen LogP contribution in [-0.4, -0.2) is 22.1 Å². The van der Waals surface area contributed by atoms with Crippen LogP contribution >= 0.6 is 0 Å². The van der Waals surface area contributed by atoms with Crippen LogP contribution in [0.5, 0.6) is 0 Å². The molecule has 2 aliphatic carbocycles. The number of carbonyl (C=O) groups excluding carboxylic acids is 1. The lowest BCUT2D eigenvalue weighted by Crippen LogP contribution is -2.41. The Morgan fingerprint density at radius 1 is 1.38 bits per heavy atom. The fraction of sp³-hybridized carbons (Fsp3) is 0.500. The van der Waals surface area contributed by atoms with Crippen LogP contribution in [0.25, 0.3) is 0 Å². The first-order valence-corrected chi connectivity index (χ1v) is 8.58. The zero-order chi connectivity index (χ0) is 16.7. The Labute approximate surface area is 139 Å². The Morgan fingerprint density at radius 3 is 2.92 bits per heavy atom. The zero-order valence-corrected chi connectivity index (χ0v) is 13.7. The van der Waals surface area contributed by atoms with Gasteiger partial charge in [-0.25, -0.2) is 4.79 Å². The van der Waals surface area contributed by atoms with Crippen molar-refractivity contribution in [2.45, 2.75) is 57.4 Å². The molecule has 1 saturated carbocycles. The molecule has 1 amide bonds. The van der Waals surface area contributed by atoms with E-state index in [0.717, 1.165) is 37.1 Å². The van der Waals surface area contributed by atoms with E-state index in [4.69, 9.17) is 4.42 Å². The third-order valence-corrected chi connectivity index (χ3v) is 5.26. The number of hydrogen-bond donors (Lipinski definition) is 2.